The highest BCUT2D eigenvalue weighted by Crippen LogP contribution is 2.17. The van der Waals surface area contributed by atoms with Gasteiger partial charge in [0.2, 0.25) is 0 Å². The molecule has 0 fully saturated rings. The van der Waals surface area contributed by atoms with E-state index in [-0.39, 0.29) is 24.8 Å². The van der Waals surface area contributed by atoms with Crippen LogP contribution < -0.4 is 15.4 Å². The molecule has 7 heteroatoms. The number of ether oxygens (including phenoxy) is 1. The number of aliphatic hydroxyl groups is 1. The molecule has 1 amide bonds. The molecule has 0 aliphatic heterocycles. The summed E-state index contributed by atoms with van der Waals surface area (Å²) in [7, 11) is 0. The van der Waals surface area contributed by atoms with E-state index >= 15 is 0 Å². The highest BCUT2D eigenvalue weighted by atomic mass is 19.1. The lowest BCUT2D eigenvalue weighted by molar-refractivity contribution is -0.123. The lowest BCUT2D eigenvalue weighted by Gasteiger charge is -2.10. The van der Waals surface area contributed by atoms with E-state index in [9.17, 15) is 13.6 Å². The number of carbonyl (C=O) groups excluding carboxylic acids is 1. The van der Waals surface area contributed by atoms with Gasteiger partial charge in [0.05, 0.1) is 6.61 Å². The third-order valence-corrected chi connectivity index (χ3v) is 3.42. The fraction of sp³-hybridized carbons (Fsp3) is 0.278. The minimum Gasteiger partial charge on any atom is -0.484 e. The Bertz CT molecular complexity index is 673. The monoisotopic (exact) mass is 350 g/mol. The molecule has 2 aromatic carbocycles. The maximum atomic E-state index is 13.4. The molecule has 0 aromatic heterocycles. The molecular weight excluding hydrogens is 330 g/mol. The van der Waals surface area contributed by atoms with Crippen molar-refractivity contribution < 1.29 is 23.4 Å². The third-order valence-electron chi connectivity index (χ3n) is 3.42. The lowest BCUT2D eigenvalue weighted by Crippen LogP contribution is -2.30. The number of rotatable bonds is 9. The number of nitrogens with one attached hydrogen (secondary N) is 2. The van der Waals surface area contributed by atoms with E-state index in [1.165, 1.54) is 18.2 Å². The Kier molecular flexibility index (Phi) is 7.16. The molecule has 5 nitrogen and oxygen atoms in total. The molecule has 0 aliphatic carbocycles. The molecule has 25 heavy (non-hydrogen) atoms. The number of hydrogen-bond donors (Lipinski definition) is 3. The lowest BCUT2D eigenvalue weighted by atomic mass is 10.2. The molecule has 0 aliphatic rings. The molecule has 0 radical (unpaired) electrons. The van der Waals surface area contributed by atoms with Crippen LogP contribution in [0.25, 0.3) is 0 Å². The number of para-hydroxylation sites is 1. The van der Waals surface area contributed by atoms with Gasteiger partial charge in [-0.2, -0.15) is 0 Å². The summed E-state index contributed by atoms with van der Waals surface area (Å²) in [6.07, 6.45) is 0.505. The molecule has 2 aromatic rings. The quantitative estimate of drug-likeness (QED) is 0.608. The molecule has 0 spiro atoms. The minimum atomic E-state index is -0.648. The summed E-state index contributed by atoms with van der Waals surface area (Å²) in [6.45, 7) is 0.496. The van der Waals surface area contributed by atoms with E-state index in [2.05, 4.69) is 10.6 Å². The van der Waals surface area contributed by atoms with Gasteiger partial charge in [-0.05, 0) is 36.2 Å². The first-order valence-electron chi connectivity index (χ1n) is 7.87. The number of halogens is 2. The Morgan fingerprint density at radius 1 is 1.04 bits per heavy atom. The van der Waals surface area contributed by atoms with Gasteiger partial charge in [0.15, 0.2) is 6.61 Å². The van der Waals surface area contributed by atoms with Gasteiger partial charge in [-0.3, -0.25) is 4.79 Å². The molecule has 0 saturated heterocycles. The summed E-state index contributed by atoms with van der Waals surface area (Å²) >= 11 is 0. The van der Waals surface area contributed by atoms with E-state index in [1.807, 2.05) is 0 Å². The van der Waals surface area contributed by atoms with Crippen molar-refractivity contribution >= 4 is 11.6 Å². The van der Waals surface area contributed by atoms with Gasteiger partial charge in [-0.25, -0.2) is 8.78 Å². The second-order valence-electron chi connectivity index (χ2n) is 5.32. The molecule has 134 valence electrons. The topological polar surface area (TPSA) is 70.6 Å². The number of anilines is 1. The first kappa shape index (κ1) is 18.7. The van der Waals surface area contributed by atoms with Gasteiger partial charge in [-0.1, -0.05) is 18.2 Å². The first-order chi connectivity index (χ1) is 12.1. The molecule has 0 bridgehead atoms. The number of aliphatic hydroxyl groups excluding tert-OH is 1. The van der Waals surface area contributed by atoms with Crippen LogP contribution in [0.1, 0.15) is 12.0 Å². The van der Waals surface area contributed by atoms with Crippen molar-refractivity contribution in [3.05, 3.63) is 59.7 Å². The molecule has 0 unspecified atom stereocenters. The molecule has 0 heterocycles. The molecule has 0 saturated carbocycles. The summed E-state index contributed by atoms with van der Waals surface area (Å²) in [6, 6.07) is 10.4. The Hall–Kier alpha value is -2.67. The summed E-state index contributed by atoms with van der Waals surface area (Å²) < 4.78 is 32.1. The maximum Gasteiger partial charge on any atom is 0.257 e. The van der Waals surface area contributed by atoms with E-state index in [1.54, 1.807) is 24.3 Å². The van der Waals surface area contributed by atoms with E-state index in [4.69, 9.17) is 9.84 Å². The number of amides is 1. The van der Waals surface area contributed by atoms with Crippen molar-refractivity contribution in [2.75, 3.05) is 25.0 Å². The molecule has 0 atom stereocenters. The van der Waals surface area contributed by atoms with Crippen LogP contribution in [0.3, 0.4) is 0 Å². The molecule has 3 N–H and O–H groups in total. The minimum absolute atomic E-state index is 0.0500. The fourth-order valence-corrected chi connectivity index (χ4v) is 2.09. The number of carbonyl (C=O) groups is 1. The smallest absolute Gasteiger partial charge is 0.257 e. The molecule has 2 rings (SSSR count). The maximum absolute atomic E-state index is 13.4. The summed E-state index contributed by atoms with van der Waals surface area (Å²) in [4.78, 5) is 11.7. The van der Waals surface area contributed by atoms with Crippen molar-refractivity contribution in [3.63, 3.8) is 0 Å². The average molecular weight is 350 g/mol. The van der Waals surface area contributed by atoms with Crippen molar-refractivity contribution in [3.8, 4) is 5.75 Å². The predicted octanol–water partition coefficient (Wildman–Crippen LogP) is 2.45. The van der Waals surface area contributed by atoms with Crippen LogP contribution in [-0.4, -0.2) is 30.7 Å². The third kappa shape index (κ3) is 6.04. The standard InChI is InChI=1S/C18H20F2N2O3/c19-15-3-1-4-16(20)18(15)22-10-2-9-21-17(24)12-25-14-7-5-13(11-23)6-8-14/h1,3-8,22-23H,2,9-12H2,(H,21,24). The zero-order chi connectivity index (χ0) is 18.1. The van der Waals surface area contributed by atoms with Crippen molar-refractivity contribution in [1.29, 1.82) is 0 Å². The number of benzene rings is 2. The Morgan fingerprint density at radius 3 is 2.36 bits per heavy atom. The van der Waals surface area contributed by atoms with Crippen LogP contribution in [0.15, 0.2) is 42.5 Å². The van der Waals surface area contributed by atoms with Crippen LogP contribution in [0.5, 0.6) is 5.75 Å². The van der Waals surface area contributed by atoms with E-state index in [0.29, 0.717) is 25.3 Å². The normalized spacial score (nSPS) is 10.4. The summed E-state index contributed by atoms with van der Waals surface area (Å²) in [5, 5.41) is 14.3. The first-order valence-corrected chi connectivity index (χ1v) is 7.87. The SMILES string of the molecule is O=C(COc1ccc(CO)cc1)NCCCNc1c(F)cccc1F. The van der Waals surface area contributed by atoms with E-state index in [0.717, 1.165) is 5.56 Å². The van der Waals surface area contributed by atoms with Crippen LogP contribution >= 0.6 is 0 Å². The Labute approximate surface area is 144 Å². The van der Waals surface area contributed by atoms with Crippen LogP contribution in [-0.2, 0) is 11.4 Å². The largest absolute Gasteiger partial charge is 0.484 e. The highest BCUT2D eigenvalue weighted by Gasteiger charge is 2.07. The summed E-state index contributed by atoms with van der Waals surface area (Å²) in [5.41, 5.74) is 0.596. The fourth-order valence-electron chi connectivity index (χ4n) is 2.09. The van der Waals surface area contributed by atoms with Crippen molar-refractivity contribution in [1.82, 2.24) is 5.32 Å². The second kappa shape index (κ2) is 9.58. The van der Waals surface area contributed by atoms with Gasteiger partial charge in [0.25, 0.3) is 5.91 Å². The highest BCUT2D eigenvalue weighted by molar-refractivity contribution is 5.77. The predicted molar refractivity (Wildman–Crippen MR) is 90.3 cm³/mol. The zero-order valence-electron chi connectivity index (χ0n) is 13.6. The Balaban J connectivity index is 1.62. The number of hydrogen-bond acceptors (Lipinski definition) is 4. The van der Waals surface area contributed by atoms with Gasteiger partial charge in [0.1, 0.15) is 23.1 Å². The zero-order valence-corrected chi connectivity index (χ0v) is 13.6. The van der Waals surface area contributed by atoms with Gasteiger partial charge in [-0.15, -0.1) is 0 Å². The van der Waals surface area contributed by atoms with Crippen LogP contribution in [0, 0.1) is 11.6 Å². The summed E-state index contributed by atoms with van der Waals surface area (Å²) in [5.74, 6) is -1.05. The average Bonchev–Trinajstić information content (AvgIpc) is 2.62. The van der Waals surface area contributed by atoms with Crippen molar-refractivity contribution in [2.45, 2.75) is 13.0 Å². The van der Waals surface area contributed by atoms with Crippen LogP contribution in [0.2, 0.25) is 0 Å². The van der Waals surface area contributed by atoms with Gasteiger partial charge >= 0.3 is 0 Å². The second-order valence-corrected chi connectivity index (χ2v) is 5.32. The molecular formula is C18H20F2N2O3. The van der Waals surface area contributed by atoms with Gasteiger partial charge < -0.3 is 20.5 Å². The Morgan fingerprint density at radius 2 is 1.72 bits per heavy atom. The van der Waals surface area contributed by atoms with E-state index < -0.39 is 11.6 Å². The van der Waals surface area contributed by atoms with Crippen LogP contribution in [0.4, 0.5) is 14.5 Å². The van der Waals surface area contributed by atoms with Gasteiger partial charge in [0, 0.05) is 13.1 Å². The van der Waals surface area contributed by atoms with Crippen molar-refractivity contribution in [2.24, 2.45) is 0 Å².